The molecule has 1 aromatic rings. The second-order valence-corrected chi connectivity index (χ2v) is 3.83. The van der Waals surface area contributed by atoms with E-state index in [1.807, 2.05) is 0 Å². The lowest BCUT2D eigenvalue weighted by molar-refractivity contribution is 0.181. The minimum absolute atomic E-state index is 0.140. The standard InChI is InChI=1S/C10H14BrNO3/c1-14-6-3-7(11)10(8(13)5-12)9(4-6)15-2/h3-4,8,13H,5,12H2,1-2H3. The molecule has 0 aliphatic heterocycles. The summed E-state index contributed by atoms with van der Waals surface area (Å²) < 4.78 is 11.0. The number of hydrogen-bond acceptors (Lipinski definition) is 4. The largest absolute Gasteiger partial charge is 0.497 e. The molecule has 0 saturated heterocycles. The highest BCUT2D eigenvalue weighted by molar-refractivity contribution is 9.10. The molecule has 3 N–H and O–H groups in total. The van der Waals surface area contributed by atoms with E-state index in [1.165, 1.54) is 7.11 Å². The van der Waals surface area contributed by atoms with Crippen LogP contribution < -0.4 is 15.2 Å². The van der Waals surface area contributed by atoms with Crippen molar-refractivity contribution in [3.8, 4) is 11.5 Å². The monoisotopic (exact) mass is 275 g/mol. The Kier molecular flexibility index (Phi) is 4.38. The van der Waals surface area contributed by atoms with Gasteiger partial charge in [-0.15, -0.1) is 0 Å². The second kappa shape index (κ2) is 5.34. The van der Waals surface area contributed by atoms with Gasteiger partial charge in [0, 0.05) is 22.6 Å². The van der Waals surface area contributed by atoms with Crippen LogP contribution in [-0.2, 0) is 0 Å². The zero-order valence-corrected chi connectivity index (χ0v) is 10.2. The molecular weight excluding hydrogens is 262 g/mol. The Morgan fingerprint density at radius 1 is 1.40 bits per heavy atom. The van der Waals surface area contributed by atoms with Crippen molar-refractivity contribution in [3.63, 3.8) is 0 Å². The van der Waals surface area contributed by atoms with E-state index in [9.17, 15) is 5.11 Å². The molecule has 1 unspecified atom stereocenters. The van der Waals surface area contributed by atoms with Gasteiger partial charge in [-0.3, -0.25) is 0 Å². The molecule has 1 rings (SSSR count). The van der Waals surface area contributed by atoms with E-state index in [2.05, 4.69) is 15.9 Å². The van der Waals surface area contributed by atoms with Crippen LogP contribution in [0.1, 0.15) is 11.7 Å². The Balaban J connectivity index is 3.24. The van der Waals surface area contributed by atoms with Gasteiger partial charge >= 0.3 is 0 Å². The molecule has 0 radical (unpaired) electrons. The molecule has 84 valence electrons. The quantitative estimate of drug-likeness (QED) is 0.873. The van der Waals surface area contributed by atoms with E-state index in [0.29, 0.717) is 17.1 Å². The summed E-state index contributed by atoms with van der Waals surface area (Å²) in [6, 6.07) is 3.47. The average molecular weight is 276 g/mol. The third-order valence-electron chi connectivity index (χ3n) is 2.08. The van der Waals surface area contributed by atoms with Crippen LogP contribution >= 0.6 is 15.9 Å². The zero-order chi connectivity index (χ0) is 11.4. The minimum Gasteiger partial charge on any atom is -0.497 e. The highest BCUT2D eigenvalue weighted by Gasteiger charge is 2.17. The van der Waals surface area contributed by atoms with Crippen LogP contribution in [0.25, 0.3) is 0 Å². The van der Waals surface area contributed by atoms with E-state index in [4.69, 9.17) is 15.2 Å². The lowest BCUT2D eigenvalue weighted by atomic mass is 10.1. The molecule has 0 heterocycles. The number of hydrogen-bond donors (Lipinski definition) is 2. The number of halogens is 1. The van der Waals surface area contributed by atoms with Gasteiger partial charge in [0.05, 0.1) is 20.3 Å². The van der Waals surface area contributed by atoms with Gasteiger partial charge in [0.15, 0.2) is 0 Å². The van der Waals surface area contributed by atoms with Gasteiger partial charge in [0.25, 0.3) is 0 Å². The zero-order valence-electron chi connectivity index (χ0n) is 8.66. The summed E-state index contributed by atoms with van der Waals surface area (Å²) in [6.45, 7) is 0.140. The van der Waals surface area contributed by atoms with E-state index < -0.39 is 6.10 Å². The summed E-state index contributed by atoms with van der Waals surface area (Å²) in [7, 11) is 3.11. The van der Waals surface area contributed by atoms with Crippen LogP contribution in [0, 0.1) is 0 Å². The molecule has 1 atom stereocenters. The first kappa shape index (κ1) is 12.3. The van der Waals surface area contributed by atoms with Crippen molar-refractivity contribution in [2.24, 2.45) is 5.73 Å². The van der Waals surface area contributed by atoms with E-state index in [0.717, 1.165) is 4.47 Å². The Labute approximate surface area is 97.1 Å². The number of aliphatic hydroxyl groups excluding tert-OH is 1. The van der Waals surface area contributed by atoms with Crippen LogP contribution in [0.15, 0.2) is 16.6 Å². The van der Waals surface area contributed by atoms with Crippen molar-refractivity contribution in [2.75, 3.05) is 20.8 Å². The third kappa shape index (κ3) is 2.62. The molecule has 15 heavy (non-hydrogen) atoms. The van der Waals surface area contributed by atoms with Gasteiger partial charge in [-0.25, -0.2) is 0 Å². The van der Waals surface area contributed by atoms with Crippen molar-refractivity contribution < 1.29 is 14.6 Å². The van der Waals surface area contributed by atoms with Gasteiger partial charge in [0.1, 0.15) is 11.5 Å². The molecule has 0 saturated carbocycles. The van der Waals surface area contributed by atoms with Gasteiger partial charge in [-0.1, -0.05) is 15.9 Å². The van der Waals surface area contributed by atoms with Crippen LogP contribution in [0.2, 0.25) is 0 Å². The first-order valence-corrected chi connectivity index (χ1v) is 5.22. The molecule has 0 aliphatic rings. The maximum atomic E-state index is 9.71. The van der Waals surface area contributed by atoms with Crippen molar-refractivity contribution in [1.29, 1.82) is 0 Å². The Morgan fingerprint density at radius 2 is 2.07 bits per heavy atom. The minimum atomic E-state index is -0.750. The fraction of sp³-hybridized carbons (Fsp3) is 0.400. The highest BCUT2D eigenvalue weighted by atomic mass is 79.9. The number of nitrogens with two attached hydrogens (primary N) is 1. The average Bonchev–Trinajstić information content (AvgIpc) is 2.26. The molecule has 0 aliphatic carbocycles. The number of ether oxygens (including phenoxy) is 2. The van der Waals surface area contributed by atoms with E-state index >= 15 is 0 Å². The Bertz CT molecular complexity index is 344. The lowest BCUT2D eigenvalue weighted by Crippen LogP contribution is -2.13. The van der Waals surface area contributed by atoms with Crippen LogP contribution in [0.4, 0.5) is 0 Å². The maximum absolute atomic E-state index is 9.71. The SMILES string of the molecule is COc1cc(Br)c(C(O)CN)c(OC)c1. The molecule has 1 aromatic carbocycles. The summed E-state index contributed by atoms with van der Waals surface area (Å²) >= 11 is 3.35. The number of rotatable bonds is 4. The normalized spacial score (nSPS) is 12.3. The summed E-state index contributed by atoms with van der Waals surface area (Å²) in [5.74, 6) is 1.21. The number of methoxy groups -OCH3 is 2. The molecule has 0 fully saturated rings. The molecule has 5 heteroatoms. The predicted molar refractivity (Wildman–Crippen MR) is 61.3 cm³/mol. The van der Waals surface area contributed by atoms with Crippen molar-refractivity contribution in [2.45, 2.75) is 6.10 Å². The lowest BCUT2D eigenvalue weighted by Gasteiger charge is -2.16. The first-order valence-electron chi connectivity index (χ1n) is 4.43. The summed E-state index contributed by atoms with van der Waals surface area (Å²) in [5, 5.41) is 9.71. The van der Waals surface area contributed by atoms with Gasteiger partial charge in [-0.2, -0.15) is 0 Å². The highest BCUT2D eigenvalue weighted by Crippen LogP contribution is 2.36. The Hall–Kier alpha value is -0.780. The van der Waals surface area contributed by atoms with Gasteiger partial charge < -0.3 is 20.3 Å². The number of benzene rings is 1. The van der Waals surface area contributed by atoms with Crippen LogP contribution in [-0.4, -0.2) is 25.9 Å². The molecule has 0 spiro atoms. The van der Waals surface area contributed by atoms with Crippen LogP contribution in [0.3, 0.4) is 0 Å². The van der Waals surface area contributed by atoms with Gasteiger partial charge in [-0.05, 0) is 6.07 Å². The molecule has 0 amide bonds. The van der Waals surface area contributed by atoms with E-state index in [-0.39, 0.29) is 6.54 Å². The maximum Gasteiger partial charge on any atom is 0.129 e. The summed E-state index contributed by atoms with van der Waals surface area (Å²) in [4.78, 5) is 0. The second-order valence-electron chi connectivity index (χ2n) is 2.98. The number of aliphatic hydroxyl groups is 1. The van der Waals surface area contributed by atoms with Crippen LogP contribution in [0.5, 0.6) is 11.5 Å². The van der Waals surface area contributed by atoms with Gasteiger partial charge in [0.2, 0.25) is 0 Å². The molecular formula is C10H14BrNO3. The molecule has 4 nitrogen and oxygen atoms in total. The van der Waals surface area contributed by atoms with E-state index in [1.54, 1.807) is 19.2 Å². The van der Waals surface area contributed by atoms with Crippen molar-refractivity contribution in [1.82, 2.24) is 0 Å². The fourth-order valence-electron chi connectivity index (χ4n) is 1.30. The predicted octanol–water partition coefficient (Wildman–Crippen LogP) is 1.46. The van der Waals surface area contributed by atoms with Crippen molar-refractivity contribution in [3.05, 3.63) is 22.2 Å². The molecule has 0 bridgehead atoms. The smallest absolute Gasteiger partial charge is 0.129 e. The Morgan fingerprint density at radius 3 is 2.53 bits per heavy atom. The fourth-order valence-corrected chi connectivity index (χ4v) is 1.98. The summed E-state index contributed by atoms with van der Waals surface area (Å²) in [6.07, 6.45) is -0.750. The topological polar surface area (TPSA) is 64.7 Å². The molecule has 0 aromatic heterocycles. The van der Waals surface area contributed by atoms with Crippen molar-refractivity contribution >= 4 is 15.9 Å². The first-order chi connectivity index (χ1) is 7.13. The third-order valence-corrected chi connectivity index (χ3v) is 2.73. The summed E-state index contributed by atoms with van der Waals surface area (Å²) in [5.41, 5.74) is 6.05.